The Balaban J connectivity index is 1.76. The van der Waals surface area contributed by atoms with Crippen LogP contribution in [0.2, 0.25) is 36.3 Å². The van der Waals surface area contributed by atoms with Gasteiger partial charge < -0.3 is 37.6 Å². The van der Waals surface area contributed by atoms with Crippen molar-refractivity contribution in [2.45, 2.75) is 167 Å². The monoisotopic (exact) mass is 814 g/mol. The number of ether oxygens (including phenoxy) is 5. The van der Waals surface area contributed by atoms with Gasteiger partial charge in [-0.1, -0.05) is 73.6 Å². The molecule has 2 unspecified atom stereocenters. The van der Waals surface area contributed by atoms with Crippen molar-refractivity contribution in [3.8, 4) is 0 Å². The average Bonchev–Trinajstić information content (AvgIpc) is 3.55. The fourth-order valence-electron chi connectivity index (χ4n) is 11.2. The number of rotatable bonds is 13. The molecule has 56 heavy (non-hydrogen) atoms. The van der Waals surface area contributed by atoms with Gasteiger partial charge in [0.2, 0.25) is 5.60 Å². The lowest BCUT2D eigenvalue weighted by Gasteiger charge is -2.68. The molecule has 1 aromatic carbocycles. The normalized spacial score (nSPS) is 36.1. The van der Waals surface area contributed by atoms with E-state index in [1.165, 1.54) is 6.92 Å². The number of fused-ring (bicyclic) bond motifs is 4. The summed E-state index contributed by atoms with van der Waals surface area (Å²) in [5.74, 6) is -2.89. The number of carbonyl (C=O) groups excluding carboxylic acids is 4. The Hall–Kier alpha value is -2.89. The summed E-state index contributed by atoms with van der Waals surface area (Å²) in [5, 5.41) is 12.3. The Morgan fingerprint density at radius 2 is 1.46 bits per heavy atom. The number of aliphatic hydroxyl groups is 1. The van der Waals surface area contributed by atoms with Crippen molar-refractivity contribution in [3.63, 3.8) is 0 Å². The summed E-state index contributed by atoms with van der Waals surface area (Å²) in [7, 11) is -5.14. The van der Waals surface area contributed by atoms with Gasteiger partial charge in [-0.15, -0.1) is 0 Å². The maximum atomic E-state index is 16.5. The molecule has 2 saturated carbocycles. The molecule has 1 N–H and O–H groups in total. The summed E-state index contributed by atoms with van der Waals surface area (Å²) in [6.45, 7) is 21.1. The predicted molar refractivity (Wildman–Crippen MR) is 212 cm³/mol. The highest BCUT2D eigenvalue weighted by Gasteiger charge is 2.83. The summed E-state index contributed by atoms with van der Waals surface area (Å²) >= 11 is 0. The summed E-state index contributed by atoms with van der Waals surface area (Å²) in [6, 6.07) is 13.0. The van der Waals surface area contributed by atoms with Crippen LogP contribution in [0.15, 0.2) is 41.5 Å². The Kier molecular flexibility index (Phi) is 11.5. The van der Waals surface area contributed by atoms with Crippen molar-refractivity contribution < 1.29 is 56.8 Å². The minimum absolute atomic E-state index is 0.113. The highest BCUT2D eigenvalue weighted by atomic mass is 28.4. The molecule has 10 atom stereocenters. The van der Waals surface area contributed by atoms with E-state index in [1.54, 1.807) is 37.3 Å². The molecule has 4 fully saturated rings. The second-order valence-electron chi connectivity index (χ2n) is 17.3. The van der Waals surface area contributed by atoms with E-state index in [4.69, 9.17) is 32.5 Å². The molecule has 5 aliphatic rings. The van der Waals surface area contributed by atoms with Gasteiger partial charge in [-0.2, -0.15) is 0 Å². The maximum absolute atomic E-state index is 16.5. The highest BCUT2D eigenvalue weighted by Crippen LogP contribution is 2.67. The van der Waals surface area contributed by atoms with Crippen molar-refractivity contribution in [1.82, 2.24) is 0 Å². The third-order valence-electron chi connectivity index (χ3n) is 15.0. The highest BCUT2D eigenvalue weighted by molar-refractivity contribution is 6.74. The van der Waals surface area contributed by atoms with Gasteiger partial charge in [0.25, 0.3) is 0 Å². The molecular weight excluding hydrogens is 753 g/mol. The van der Waals surface area contributed by atoms with Gasteiger partial charge >= 0.3 is 18.1 Å². The first kappa shape index (κ1) is 42.7. The smallest absolute Gasteiger partial charge is 0.454 e. The van der Waals surface area contributed by atoms with Crippen LogP contribution in [0.4, 0.5) is 4.79 Å². The lowest BCUT2D eigenvalue weighted by atomic mass is 9.44. The summed E-state index contributed by atoms with van der Waals surface area (Å²) in [6.07, 6.45) is -7.96. The molecule has 1 aromatic rings. The van der Waals surface area contributed by atoms with Crippen molar-refractivity contribution in [2.24, 2.45) is 16.7 Å². The third kappa shape index (κ3) is 6.01. The van der Waals surface area contributed by atoms with Crippen LogP contribution in [0.25, 0.3) is 0 Å². The predicted octanol–water partition coefficient (Wildman–Crippen LogP) is 7.29. The molecule has 0 aromatic heterocycles. The molecule has 0 radical (unpaired) electrons. The van der Waals surface area contributed by atoms with E-state index in [0.29, 0.717) is 11.1 Å². The minimum Gasteiger partial charge on any atom is -0.454 e. The van der Waals surface area contributed by atoms with Crippen LogP contribution in [0.3, 0.4) is 0 Å². The maximum Gasteiger partial charge on any atom is 0.509 e. The van der Waals surface area contributed by atoms with Gasteiger partial charge in [0.15, 0.2) is 40.2 Å². The van der Waals surface area contributed by atoms with E-state index in [0.717, 1.165) is 36.3 Å². The first-order valence-electron chi connectivity index (χ1n) is 20.6. The number of esters is 2. The van der Waals surface area contributed by atoms with Gasteiger partial charge in [0, 0.05) is 18.8 Å². The fourth-order valence-corrected chi connectivity index (χ4v) is 16.9. The number of hydrogen-bond acceptors (Lipinski definition) is 12. The molecule has 310 valence electrons. The molecular formula is C42H62O12Si2. The van der Waals surface area contributed by atoms with Gasteiger partial charge in [0.05, 0.1) is 29.6 Å². The van der Waals surface area contributed by atoms with Crippen molar-refractivity contribution in [2.75, 3.05) is 6.61 Å². The molecule has 12 nitrogen and oxygen atoms in total. The van der Waals surface area contributed by atoms with Crippen LogP contribution < -0.4 is 0 Å². The van der Waals surface area contributed by atoms with Gasteiger partial charge in [-0.05, 0) is 73.4 Å². The number of carbonyl (C=O) groups is 4. The van der Waals surface area contributed by atoms with Crippen LogP contribution >= 0.6 is 0 Å². The Bertz CT molecular complexity index is 1720. The minimum atomic E-state index is -2.64. The first-order valence-corrected chi connectivity index (χ1v) is 25.7. The van der Waals surface area contributed by atoms with Crippen LogP contribution in [0.1, 0.15) is 92.9 Å². The number of Topliss-reactive ketones (excluding diaryl/α,β-unsaturated/α-hetero) is 1. The number of benzene rings is 1. The molecule has 14 heteroatoms. The topological polar surface area (TPSA) is 153 Å². The summed E-state index contributed by atoms with van der Waals surface area (Å²) < 4.78 is 46.7. The zero-order valence-electron chi connectivity index (χ0n) is 35.0. The van der Waals surface area contributed by atoms with Crippen LogP contribution in [0, 0.1) is 16.7 Å². The molecule has 2 heterocycles. The van der Waals surface area contributed by atoms with E-state index < -0.39 is 99.3 Å². The van der Waals surface area contributed by atoms with E-state index in [1.807, 2.05) is 20.8 Å². The largest absolute Gasteiger partial charge is 0.509 e. The molecule has 2 saturated heterocycles. The van der Waals surface area contributed by atoms with Gasteiger partial charge in [-0.25, -0.2) is 9.59 Å². The van der Waals surface area contributed by atoms with Crippen molar-refractivity contribution in [3.05, 3.63) is 47.0 Å². The average molecular weight is 815 g/mol. The molecule has 1 spiro atoms. The molecule has 0 amide bonds. The Labute approximate surface area is 333 Å². The molecule has 3 aliphatic carbocycles. The number of ketones is 1. The van der Waals surface area contributed by atoms with E-state index >= 15 is 4.79 Å². The quantitative estimate of drug-likeness (QED) is 0.0921. The van der Waals surface area contributed by atoms with E-state index in [-0.39, 0.29) is 24.4 Å². The van der Waals surface area contributed by atoms with E-state index in [2.05, 4.69) is 41.5 Å². The standard InChI is InChI=1S/C42H62O12Si2/c1-12-55(13-2,14-3)53-28-23-29-41(24-48-29,51-26(8)43)33-36(49-37(46)27-21-19-18-20-22-27)42-35(50-38(47)52-42)31(44)25(7)30(39(42,9)10)32(34(45)40(28,33)11)54-56(15-4,16-5)17-6/h18-22,28-29,31-33,35-36,44H,12-17,23-24H2,1-11H3/t28-,29+,31+,32+,33?,35-,36?,40+,41-,42+/m0/s1. The fraction of sp³-hybridized carbons (Fsp3) is 0.714. The van der Waals surface area contributed by atoms with Crippen molar-refractivity contribution in [1.29, 1.82) is 0 Å². The lowest BCUT2D eigenvalue weighted by molar-refractivity contribution is -0.344. The molecule has 6 rings (SSSR count). The third-order valence-corrected chi connectivity index (χ3v) is 24.2. The number of aliphatic hydroxyl groups excluding tert-OH is 1. The summed E-state index contributed by atoms with van der Waals surface area (Å²) in [5.41, 5.74) is -5.31. The van der Waals surface area contributed by atoms with Crippen LogP contribution in [-0.4, -0.2) is 100 Å². The van der Waals surface area contributed by atoms with Crippen LogP contribution in [0.5, 0.6) is 0 Å². The Morgan fingerprint density at radius 1 is 0.893 bits per heavy atom. The Morgan fingerprint density at radius 3 is 1.98 bits per heavy atom. The van der Waals surface area contributed by atoms with Crippen molar-refractivity contribution >= 4 is 40.5 Å². The SMILES string of the molecule is CC[Si](CC)(CC)O[C@H]1C(=O)[C@@]2(C)C(C(OC(=O)c3ccccc3)[C@]34OC(=O)O[C@H]3[C@H](O)C(C)=C1C4(C)C)[C@]1(OC(C)=O)CO[C@@H]1C[C@@H]2O[Si](CC)(CC)CC. The summed E-state index contributed by atoms with van der Waals surface area (Å²) in [4.78, 5) is 58.1. The van der Waals surface area contributed by atoms with Gasteiger partial charge in [0.1, 0.15) is 18.3 Å². The molecule has 2 bridgehead atoms. The zero-order valence-corrected chi connectivity index (χ0v) is 37.0. The zero-order chi connectivity index (χ0) is 41.2. The molecule has 2 aliphatic heterocycles. The lowest BCUT2D eigenvalue weighted by Crippen LogP contribution is -2.83. The van der Waals surface area contributed by atoms with Gasteiger partial charge in [-0.3, -0.25) is 9.59 Å². The first-order chi connectivity index (χ1) is 26.4. The second kappa shape index (κ2) is 15.1. The van der Waals surface area contributed by atoms with Crippen LogP contribution in [-0.2, 0) is 42.1 Å². The second-order valence-corrected chi connectivity index (χ2v) is 26.8. The number of hydrogen-bond donors (Lipinski definition) is 1. The van der Waals surface area contributed by atoms with E-state index in [9.17, 15) is 19.5 Å².